The van der Waals surface area contributed by atoms with Gasteiger partial charge in [-0.05, 0) is 110 Å². The number of esters is 1. The van der Waals surface area contributed by atoms with E-state index in [1.807, 2.05) is 0 Å². The number of aliphatic hydroxyl groups is 1. The highest BCUT2D eigenvalue weighted by Gasteiger charge is 2.68. The quantitative estimate of drug-likeness (QED) is 0.344. The van der Waals surface area contributed by atoms with Gasteiger partial charge < -0.3 is 9.84 Å². The van der Waals surface area contributed by atoms with Crippen LogP contribution in [0.5, 0.6) is 0 Å². The first-order chi connectivity index (χ1) is 15.3. The van der Waals surface area contributed by atoms with E-state index in [1.54, 1.807) is 12.7 Å². The van der Waals surface area contributed by atoms with Gasteiger partial charge in [-0.1, -0.05) is 53.2 Å². The van der Waals surface area contributed by atoms with E-state index in [-0.39, 0.29) is 33.7 Å². The maximum absolute atomic E-state index is 13.3. The van der Waals surface area contributed by atoms with Crippen molar-refractivity contribution in [3.8, 4) is 0 Å². The Kier molecular flexibility index (Phi) is 5.31. The summed E-state index contributed by atoms with van der Waals surface area (Å²) in [4.78, 5) is 13.3. The molecule has 0 amide bonds. The molecule has 0 bridgehead atoms. The average Bonchev–Trinajstić information content (AvgIpc) is 2.76. The van der Waals surface area contributed by atoms with Crippen molar-refractivity contribution >= 4 is 5.97 Å². The van der Waals surface area contributed by atoms with E-state index in [0.717, 1.165) is 51.4 Å². The molecule has 33 heavy (non-hydrogen) atoms. The second-order valence-corrected chi connectivity index (χ2v) is 14.4. The second-order valence-electron chi connectivity index (χ2n) is 14.4. The van der Waals surface area contributed by atoms with Crippen molar-refractivity contribution in [1.82, 2.24) is 0 Å². The van der Waals surface area contributed by atoms with Crippen LogP contribution in [0, 0.1) is 50.7 Å². The zero-order valence-electron chi connectivity index (χ0n) is 22.3. The summed E-state index contributed by atoms with van der Waals surface area (Å²) in [5, 5.41) is 10.7. The predicted octanol–water partition coefficient (Wildman–Crippen LogP) is 6.93. The van der Waals surface area contributed by atoms with Crippen LogP contribution in [0.3, 0.4) is 0 Å². The maximum atomic E-state index is 13.3. The minimum absolute atomic E-state index is 0.0454. The van der Waals surface area contributed by atoms with Gasteiger partial charge in [-0.25, -0.2) is 0 Å². The summed E-state index contributed by atoms with van der Waals surface area (Å²) < 4.78 is 5.48. The third-order valence-electron chi connectivity index (χ3n) is 12.8. The van der Waals surface area contributed by atoms with Crippen molar-refractivity contribution in [3.05, 3.63) is 11.6 Å². The Morgan fingerprint density at radius 2 is 1.70 bits per heavy atom. The van der Waals surface area contributed by atoms with Gasteiger partial charge in [0.2, 0.25) is 0 Å². The van der Waals surface area contributed by atoms with Gasteiger partial charge in [0.25, 0.3) is 0 Å². The molecule has 1 N–H and O–H groups in total. The topological polar surface area (TPSA) is 46.5 Å². The molecular formula is C30H48O3. The summed E-state index contributed by atoms with van der Waals surface area (Å²) in [5.74, 6) is 2.06. The van der Waals surface area contributed by atoms with Gasteiger partial charge >= 0.3 is 5.97 Å². The maximum Gasteiger partial charge on any atom is 0.312 e. The zero-order valence-corrected chi connectivity index (χ0v) is 22.3. The highest BCUT2D eigenvalue weighted by molar-refractivity contribution is 5.78. The monoisotopic (exact) mass is 456 g/mol. The number of aliphatic hydroxyl groups excluding tert-OH is 1. The van der Waals surface area contributed by atoms with Crippen LogP contribution in [0.1, 0.15) is 106 Å². The second kappa shape index (κ2) is 7.34. The summed E-state index contributed by atoms with van der Waals surface area (Å²) in [6.45, 7) is 14.8. The minimum Gasteiger partial charge on any atom is -0.469 e. The van der Waals surface area contributed by atoms with E-state index >= 15 is 0 Å². The first-order valence-corrected chi connectivity index (χ1v) is 13.8. The fourth-order valence-corrected chi connectivity index (χ4v) is 10.4. The lowest BCUT2D eigenvalue weighted by Gasteiger charge is -2.70. The molecule has 4 fully saturated rings. The summed E-state index contributed by atoms with van der Waals surface area (Å²) in [7, 11) is 1.59. The lowest BCUT2D eigenvalue weighted by molar-refractivity contribution is -0.188. The van der Waals surface area contributed by atoms with Crippen molar-refractivity contribution in [2.75, 3.05) is 7.11 Å². The van der Waals surface area contributed by atoms with Crippen LogP contribution < -0.4 is 0 Å². The fraction of sp³-hybridized carbons (Fsp3) is 0.900. The molecule has 0 aliphatic heterocycles. The lowest BCUT2D eigenvalue weighted by atomic mass is 9.34. The molecule has 0 spiro atoms. The fourth-order valence-electron chi connectivity index (χ4n) is 10.4. The van der Waals surface area contributed by atoms with Gasteiger partial charge in [-0.15, -0.1) is 0 Å². The van der Waals surface area contributed by atoms with Crippen molar-refractivity contribution in [3.63, 3.8) is 0 Å². The smallest absolute Gasteiger partial charge is 0.312 e. The number of rotatable bonds is 1. The van der Waals surface area contributed by atoms with E-state index in [1.165, 1.54) is 12.8 Å². The van der Waals surface area contributed by atoms with E-state index in [9.17, 15) is 9.90 Å². The number of carbonyl (C=O) groups excluding carboxylic acids is 1. The SMILES string of the molecule is COC(=O)[C@]12CCC(C)(C)CC1C1=CCC3C4(C)CC[C@H](O)C(C)[C@@H]4CC[C@]3(C)[C@]1(C)CC2. The molecular weight excluding hydrogens is 408 g/mol. The third-order valence-corrected chi connectivity index (χ3v) is 12.8. The Bertz CT molecular complexity index is 859. The molecule has 0 radical (unpaired) electrons. The molecule has 186 valence electrons. The van der Waals surface area contributed by atoms with Gasteiger partial charge in [0.05, 0.1) is 18.6 Å². The molecule has 5 aliphatic rings. The van der Waals surface area contributed by atoms with Crippen molar-refractivity contribution in [2.45, 2.75) is 112 Å². The van der Waals surface area contributed by atoms with Crippen molar-refractivity contribution in [2.24, 2.45) is 50.7 Å². The van der Waals surface area contributed by atoms with Crippen LogP contribution in [-0.2, 0) is 9.53 Å². The first-order valence-electron chi connectivity index (χ1n) is 13.8. The standard InChI is InChI=1S/C30H48O3/c1-19-20-10-13-29(6)24(27(20,4)12-11-23(19)31)9-8-21-22-18-26(2,3)14-16-30(22,25(32)33-7)17-15-28(21,29)5/h8,19-20,22-24,31H,9-18H2,1-7H3/t19?,20-,22?,23-,24?,27?,28+,29-,30-/m0/s1. The molecule has 5 aliphatic carbocycles. The number of fused-ring (bicyclic) bond motifs is 7. The van der Waals surface area contributed by atoms with Gasteiger partial charge in [-0.2, -0.15) is 0 Å². The first kappa shape index (κ1) is 23.9. The van der Waals surface area contributed by atoms with Crippen molar-refractivity contribution < 1.29 is 14.6 Å². The van der Waals surface area contributed by atoms with Gasteiger partial charge in [0.1, 0.15) is 0 Å². The summed E-state index contributed by atoms with van der Waals surface area (Å²) in [6, 6.07) is 0. The highest BCUT2D eigenvalue weighted by atomic mass is 16.5. The molecule has 3 nitrogen and oxygen atoms in total. The molecule has 3 heteroatoms. The number of allylic oxidation sites excluding steroid dienone is 2. The number of hydrogen-bond acceptors (Lipinski definition) is 3. The molecule has 4 unspecified atom stereocenters. The van der Waals surface area contributed by atoms with Gasteiger partial charge in [0, 0.05) is 0 Å². The molecule has 5 rings (SSSR count). The largest absolute Gasteiger partial charge is 0.469 e. The van der Waals surface area contributed by atoms with Crippen LogP contribution in [0.25, 0.3) is 0 Å². The Morgan fingerprint density at radius 1 is 1.00 bits per heavy atom. The number of ether oxygens (including phenoxy) is 1. The molecule has 0 aromatic rings. The Labute approximate surface area is 202 Å². The summed E-state index contributed by atoms with van der Waals surface area (Å²) >= 11 is 0. The van der Waals surface area contributed by atoms with Crippen LogP contribution >= 0.6 is 0 Å². The van der Waals surface area contributed by atoms with E-state index in [2.05, 4.69) is 47.6 Å². The number of methoxy groups -OCH3 is 1. The average molecular weight is 457 g/mol. The molecule has 4 saturated carbocycles. The molecule has 0 heterocycles. The molecule has 0 saturated heterocycles. The lowest BCUT2D eigenvalue weighted by Crippen LogP contribution is -2.63. The molecule has 0 aromatic heterocycles. The third kappa shape index (κ3) is 2.99. The Balaban J connectivity index is 1.59. The van der Waals surface area contributed by atoms with E-state index < -0.39 is 0 Å². The summed E-state index contributed by atoms with van der Waals surface area (Å²) in [6.07, 6.45) is 13.5. The number of carbonyl (C=O) groups is 1. The summed E-state index contributed by atoms with van der Waals surface area (Å²) in [5.41, 5.74) is 2.28. The zero-order chi connectivity index (χ0) is 24.0. The van der Waals surface area contributed by atoms with Gasteiger partial charge in [-0.3, -0.25) is 4.79 Å². The van der Waals surface area contributed by atoms with Gasteiger partial charge in [0.15, 0.2) is 0 Å². The normalized spacial score (nSPS) is 53.0. The van der Waals surface area contributed by atoms with Crippen molar-refractivity contribution in [1.29, 1.82) is 0 Å². The number of hydrogen-bond donors (Lipinski definition) is 1. The van der Waals surface area contributed by atoms with Crippen LogP contribution in [0.15, 0.2) is 11.6 Å². The van der Waals surface area contributed by atoms with E-state index in [4.69, 9.17) is 4.74 Å². The minimum atomic E-state index is -0.316. The molecule has 9 atom stereocenters. The molecule has 0 aromatic carbocycles. The highest BCUT2D eigenvalue weighted by Crippen LogP contribution is 2.74. The predicted molar refractivity (Wildman–Crippen MR) is 132 cm³/mol. The Morgan fingerprint density at radius 3 is 2.39 bits per heavy atom. The van der Waals surface area contributed by atoms with E-state index in [0.29, 0.717) is 29.1 Å². The van der Waals surface area contributed by atoms with Crippen LogP contribution in [0.4, 0.5) is 0 Å². The Hall–Kier alpha value is -0.830. The van der Waals surface area contributed by atoms with Crippen LogP contribution in [-0.4, -0.2) is 24.3 Å². The van der Waals surface area contributed by atoms with Crippen LogP contribution in [0.2, 0.25) is 0 Å².